The maximum atomic E-state index is 3.84. The zero-order valence-corrected chi connectivity index (χ0v) is 14.3. The van der Waals surface area contributed by atoms with Gasteiger partial charge in [-0.2, -0.15) is 0 Å². The molecule has 1 nitrogen and oxygen atoms in total. The lowest BCUT2D eigenvalue weighted by Gasteiger charge is -2.21. The highest BCUT2D eigenvalue weighted by molar-refractivity contribution is 5.85. The summed E-state index contributed by atoms with van der Waals surface area (Å²) in [6, 6.07) is 0. The van der Waals surface area contributed by atoms with E-state index in [4.69, 9.17) is 0 Å². The van der Waals surface area contributed by atoms with E-state index in [9.17, 15) is 0 Å². The second-order valence-corrected chi connectivity index (χ2v) is 6.03. The van der Waals surface area contributed by atoms with Crippen LogP contribution in [0.1, 0.15) is 85.0 Å². The van der Waals surface area contributed by atoms with Crippen molar-refractivity contribution in [3.05, 3.63) is 12.7 Å². The van der Waals surface area contributed by atoms with E-state index in [1.165, 1.54) is 64.2 Å². The standard InChI is InChI=1S/C17H35N.ClH/c1-5-7-8-9-10-11-12-13-14-15-16-18-17(3,4)6-2;/h6,18H,2,5,7-16H2,1,3-4H3;1H. The Morgan fingerprint density at radius 1 is 0.842 bits per heavy atom. The van der Waals surface area contributed by atoms with E-state index in [-0.39, 0.29) is 17.9 Å². The molecule has 0 rings (SSSR count). The molecule has 0 aromatic carbocycles. The lowest BCUT2D eigenvalue weighted by atomic mass is 10.0. The summed E-state index contributed by atoms with van der Waals surface area (Å²) in [5, 5.41) is 3.52. The molecule has 0 saturated carbocycles. The summed E-state index contributed by atoms with van der Waals surface area (Å²) in [7, 11) is 0. The van der Waals surface area contributed by atoms with Crippen LogP contribution in [0.4, 0.5) is 0 Å². The van der Waals surface area contributed by atoms with Crippen LogP contribution in [0.2, 0.25) is 0 Å². The second-order valence-electron chi connectivity index (χ2n) is 6.03. The Morgan fingerprint density at radius 3 is 1.68 bits per heavy atom. The number of rotatable bonds is 13. The topological polar surface area (TPSA) is 12.0 Å². The minimum absolute atomic E-state index is 0. The van der Waals surface area contributed by atoms with Gasteiger partial charge in [-0.15, -0.1) is 19.0 Å². The quantitative estimate of drug-likeness (QED) is 0.330. The van der Waals surface area contributed by atoms with Gasteiger partial charge < -0.3 is 5.32 Å². The molecule has 0 aliphatic carbocycles. The first-order valence-corrected chi connectivity index (χ1v) is 8.01. The zero-order chi connectivity index (χ0) is 13.7. The van der Waals surface area contributed by atoms with Crippen LogP contribution in [0.15, 0.2) is 12.7 Å². The molecule has 0 amide bonds. The van der Waals surface area contributed by atoms with Gasteiger partial charge in [0.05, 0.1) is 0 Å². The van der Waals surface area contributed by atoms with Crippen molar-refractivity contribution in [3.8, 4) is 0 Å². The molecule has 2 heteroatoms. The molecule has 19 heavy (non-hydrogen) atoms. The van der Waals surface area contributed by atoms with Gasteiger partial charge in [-0.25, -0.2) is 0 Å². The Bertz CT molecular complexity index is 190. The van der Waals surface area contributed by atoms with E-state index < -0.39 is 0 Å². The Balaban J connectivity index is 0. The Kier molecular flexibility index (Phi) is 16.1. The number of unbranched alkanes of at least 4 members (excludes halogenated alkanes) is 9. The molecule has 0 spiro atoms. The Hall–Kier alpha value is -0.0100. The summed E-state index contributed by atoms with van der Waals surface area (Å²) in [6.07, 6.45) is 16.0. The van der Waals surface area contributed by atoms with Crippen molar-refractivity contribution >= 4 is 12.4 Å². The van der Waals surface area contributed by atoms with Crippen molar-refractivity contribution in [1.29, 1.82) is 0 Å². The minimum Gasteiger partial charge on any atom is -0.308 e. The molecule has 0 aliphatic rings. The first-order chi connectivity index (χ1) is 8.62. The summed E-state index contributed by atoms with van der Waals surface area (Å²) < 4.78 is 0. The Labute approximate surface area is 128 Å². The predicted molar refractivity (Wildman–Crippen MR) is 91.4 cm³/mol. The van der Waals surface area contributed by atoms with E-state index in [1.807, 2.05) is 6.08 Å². The van der Waals surface area contributed by atoms with Crippen LogP contribution < -0.4 is 5.32 Å². The molecular weight excluding hydrogens is 254 g/mol. The van der Waals surface area contributed by atoms with Gasteiger partial charge in [-0.3, -0.25) is 0 Å². The van der Waals surface area contributed by atoms with Gasteiger partial charge in [-0.05, 0) is 26.8 Å². The van der Waals surface area contributed by atoms with E-state index in [2.05, 4.69) is 32.7 Å². The van der Waals surface area contributed by atoms with Crippen molar-refractivity contribution in [2.24, 2.45) is 0 Å². The molecule has 0 atom stereocenters. The van der Waals surface area contributed by atoms with Crippen LogP contribution in [0.5, 0.6) is 0 Å². The van der Waals surface area contributed by atoms with Crippen molar-refractivity contribution in [2.75, 3.05) is 6.54 Å². The van der Waals surface area contributed by atoms with Gasteiger partial charge in [0.2, 0.25) is 0 Å². The molecule has 1 N–H and O–H groups in total. The smallest absolute Gasteiger partial charge is 0.0304 e. The van der Waals surface area contributed by atoms with Gasteiger partial charge in [0.15, 0.2) is 0 Å². The van der Waals surface area contributed by atoms with E-state index in [1.54, 1.807) is 0 Å². The van der Waals surface area contributed by atoms with E-state index in [0.29, 0.717) is 0 Å². The van der Waals surface area contributed by atoms with E-state index in [0.717, 1.165) is 6.54 Å². The third-order valence-electron chi connectivity index (χ3n) is 3.62. The van der Waals surface area contributed by atoms with Gasteiger partial charge in [0.25, 0.3) is 0 Å². The third kappa shape index (κ3) is 15.9. The fourth-order valence-corrected chi connectivity index (χ4v) is 2.10. The molecular formula is C17H36ClN. The van der Waals surface area contributed by atoms with Crippen LogP contribution in [-0.4, -0.2) is 12.1 Å². The first kappa shape index (κ1) is 21.3. The second kappa shape index (κ2) is 14.4. The molecule has 0 aromatic rings. The van der Waals surface area contributed by atoms with Gasteiger partial charge in [0.1, 0.15) is 0 Å². The summed E-state index contributed by atoms with van der Waals surface area (Å²) in [5.41, 5.74) is 0.0965. The number of nitrogens with one attached hydrogen (secondary N) is 1. The normalized spacial score (nSPS) is 11.1. The highest BCUT2D eigenvalue weighted by Gasteiger charge is 2.09. The number of hydrogen-bond acceptors (Lipinski definition) is 1. The van der Waals surface area contributed by atoms with E-state index >= 15 is 0 Å². The van der Waals surface area contributed by atoms with Crippen LogP contribution in [-0.2, 0) is 0 Å². The van der Waals surface area contributed by atoms with Crippen LogP contribution in [0.25, 0.3) is 0 Å². The maximum Gasteiger partial charge on any atom is 0.0304 e. The maximum absolute atomic E-state index is 3.84. The van der Waals surface area contributed by atoms with Crippen molar-refractivity contribution in [2.45, 2.75) is 90.5 Å². The summed E-state index contributed by atoms with van der Waals surface area (Å²) in [5.74, 6) is 0. The molecule has 0 heterocycles. The molecule has 0 unspecified atom stereocenters. The van der Waals surface area contributed by atoms with Crippen molar-refractivity contribution < 1.29 is 0 Å². The molecule has 116 valence electrons. The fourth-order valence-electron chi connectivity index (χ4n) is 2.10. The lowest BCUT2D eigenvalue weighted by Crippen LogP contribution is -2.37. The zero-order valence-electron chi connectivity index (χ0n) is 13.5. The molecule has 0 aromatic heterocycles. The fraction of sp³-hybridized carbons (Fsp3) is 0.882. The summed E-state index contributed by atoms with van der Waals surface area (Å²) >= 11 is 0. The number of halogens is 1. The number of hydrogen-bond donors (Lipinski definition) is 1. The Morgan fingerprint density at radius 2 is 1.26 bits per heavy atom. The SMILES string of the molecule is C=CC(C)(C)NCCCCCCCCCCCC.Cl. The average molecular weight is 290 g/mol. The summed E-state index contributed by atoms with van der Waals surface area (Å²) in [6.45, 7) is 11.6. The monoisotopic (exact) mass is 289 g/mol. The van der Waals surface area contributed by atoms with Crippen LogP contribution in [0, 0.1) is 0 Å². The third-order valence-corrected chi connectivity index (χ3v) is 3.62. The summed E-state index contributed by atoms with van der Waals surface area (Å²) in [4.78, 5) is 0. The predicted octanol–water partition coefficient (Wildman–Crippen LogP) is 5.88. The van der Waals surface area contributed by atoms with Crippen LogP contribution >= 0.6 is 12.4 Å². The van der Waals surface area contributed by atoms with Crippen molar-refractivity contribution in [1.82, 2.24) is 5.32 Å². The van der Waals surface area contributed by atoms with Crippen molar-refractivity contribution in [3.63, 3.8) is 0 Å². The van der Waals surface area contributed by atoms with Gasteiger partial charge in [-0.1, -0.05) is 70.8 Å². The first-order valence-electron chi connectivity index (χ1n) is 8.01. The lowest BCUT2D eigenvalue weighted by molar-refractivity contribution is 0.457. The van der Waals surface area contributed by atoms with Gasteiger partial charge in [0, 0.05) is 5.54 Å². The highest BCUT2D eigenvalue weighted by Crippen LogP contribution is 2.10. The molecule has 0 saturated heterocycles. The molecule has 0 bridgehead atoms. The van der Waals surface area contributed by atoms with Crippen LogP contribution in [0.3, 0.4) is 0 Å². The average Bonchev–Trinajstić information content (AvgIpc) is 2.36. The molecule has 0 radical (unpaired) electrons. The van der Waals surface area contributed by atoms with Gasteiger partial charge >= 0.3 is 0 Å². The minimum atomic E-state index is 0. The molecule has 0 fully saturated rings. The highest BCUT2D eigenvalue weighted by atomic mass is 35.5. The molecule has 0 aliphatic heterocycles. The largest absolute Gasteiger partial charge is 0.308 e.